The molecule has 122 valence electrons. The number of carbonyl (C=O) groups is 1. The van der Waals surface area contributed by atoms with Crippen LogP contribution < -0.4 is 5.32 Å². The summed E-state index contributed by atoms with van der Waals surface area (Å²) < 4.78 is 0. The van der Waals surface area contributed by atoms with Crippen molar-refractivity contribution in [2.24, 2.45) is 5.92 Å². The van der Waals surface area contributed by atoms with Crippen molar-refractivity contribution in [3.05, 3.63) is 0 Å². The van der Waals surface area contributed by atoms with Gasteiger partial charge in [0.25, 0.3) is 0 Å². The Balaban J connectivity index is 1.89. The minimum atomic E-state index is -0.690. The smallest absolute Gasteiger partial charge is 0.237 e. The van der Waals surface area contributed by atoms with E-state index in [4.69, 9.17) is 0 Å². The highest BCUT2D eigenvalue weighted by Crippen LogP contribution is 2.26. The molecule has 1 amide bonds. The van der Waals surface area contributed by atoms with E-state index in [2.05, 4.69) is 24.1 Å². The van der Waals surface area contributed by atoms with Crippen LogP contribution in [-0.2, 0) is 4.79 Å². The number of amides is 1. The number of thioether (sulfide) groups is 1. The van der Waals surface area contributed by atoms with Gasteiger partial charge in [0, 0.05) is 6.54 Å². The van der Waals surface area contributed by atoms with Crippen LogP contribution in [0.3, 0.4) is 0 Å². The van der Waals surface area contributed by atoms with Gasteiger partial charge in [0.2, 0.25) is 5.91 Å². The SMILES string of the molecule is CC(C)C(C(=O)NCC1(O)CCSCC1)N1CCCCC1. The van der Waals surface area contributed by atoms with E-state index in [1.165, 1.54) is 19.3 Å². The first-order valence-electron chi connectivity index (χ1n) is 8.34. The molecule has 0 aromatic carbocycles. The molecule has 2 aliphatic heterocycles. The zero-order chi connectivity index (χ0) is 15.3. The lowest BCUT2D eigenvalue weighted by molar-refractivity contribution is -0.129. The molecular weight excluding hydrogens is 284 g/mol. The fourth-order valence-corrected chi connectivity index (χ4v) is 4.62. The number of piperidine rings is 1. The van der Waals surface area contributed by atoms with Crippen LogP contribution in [0.5, 0.6) is 0 Å². The Kier molecular flexibility index (Phi) is 6.38. The fraction of sp³-hybridized carbons (Fsp3) is 0.938. The van der Waals surface area contributed by atoms with Gasteiger partial charge in [-0.25, -0.2) is 0 Å². The van der Waals surface area contributed by atoms with E-state index in [0.29, 0.717) is 12.5 Å². The van der Waals surface area contributed by atoms with Crippen LogP contribution in [0.2, 0.25) is 0 Å². The standard InChI is InChI=1S/C16H30N2O2S/c1-13(2)14(18-8-4-3-5-9-18)15(19)17-12-16(20)6-10-21-11-7-16/h13-14,20H,3-12H2,1-2H3,(H,17,19). The van der Waals surface area contributed by atoms with Crippen molar-refractivity contribution < 1.29 is 9.90 Å². The summed E-state index contributed by atoms with van der Waals surface area (Å²) in [6.45, 7) is 6.69. The van der Waals surface area contributed by atoms with Crippen LogP contribution in [-0.4, -0.2) is 58.7 Å². The second kappa shape index (κ2) is 7.84. The number of hydrogen-bond acceptors (Lipinski definition) is 4. The highest BCUT2D eigenvalue weighted by atomic mass is 32.2. The van der Waals surface area contributed by atoms with Crippen LogP contribution >= 0.6 is 11.8 Å². The maximum absolute atomic E-state index is 12.6. The quantitative estimate of drug-likeness (QED) is 0.813. The monoisotopic (exact) mass is 314 g/mol. The van der Waals surface area contributed by atoms with Gasteiger partial charge in [-0.3, -0.25) is 9.69 Å². The maximum atomic E-state index is 12.6. The Morgan fingerprint density at radius 3 is 2.43 bits per heavy atom. The Morgan fingerprint density at radius 1 is 1.24 bits per heavy atom. The molecule has 0 bridgehead atoms. The first kappa shape index (κ1) is 17.1. The van der Waals surface area contributed by atoms with E-state index >= 15 is 0 Å². The van der Waals surface area contributed by atoms with E-state index in [9.17, 15) is 9.90 Å². The molecule has 0 aromatic heterocycles. The molecule has 2 N–H and O–H groups in total. The normalized spacial score (nSPS) is 24.8. The van der Waals surface area contributed by atoms with E-state index in [1.54, 1.807) is 0 Å². The van der Waals surface area contributed by atoms with Gasteiger partial charge in [-0.15, -0.1) is 0 Å². The van der Waals surface area contributed by atoms with E-state index in [0.717, 1.165) is 37.4 Å². The van der Waals surface area contributed by atoms with Crippen molar-refractivity contribution >= 4 is 17.7 Å². The molecular formula is C16H30N2O2S. The highest BCUT2D eigenvalue weighted by Gasteiger charge is 2.33. The van der Waals surface area contributed by atoms with Crippen molar-refractivity contribution in [2.75, 3.05) is 31.1 Å². The molecule has 0 aliphatic carbocycles. The second-order valence-corrected chi connectivity index (χ2v) is 8.06. The van der Waals surface area contributed by atoms with E-state index in [1.807, 2.05) is 11.8 Å². The summed E-state index contributed by atoms with van der Waals surface area (Å²) in [5.74, 6) is 2.39. The molecule has 1 atom stereocenters. The van der Waals surface area contributed by atoms with E-state index < -0.39 is 5.60 Å². The molecule has 0 saturated carbocycles. The topological polar surface area (TPSA) is 52.6 Å². The third kappa shape index (κ3) is 4.86. The summed E-state index contributed by atoms with van der Waals surface area (Å²) in [6, 6.07) is -0.0492. The molecule has 2 heterocycles. The van der Waals surface area contributed by atoms with Crippen molar-refractivity contribution in [2.45, 2.75) is 57.6 Å². The van der Waals surface area contributed by atoms with Crippen LogP contribution in [0.4, 0.5) is 0 Å². The lowest BCUT2D eigenvalue weighted by atomic mass is 9.95. The van der Waals surface area contributed by atoms with Crippen LogP contribution in [0.15, 0.2) is 0 Å². The number of rotatable bonds is 5. The summed E-state index contributed by atoms with van der Waals surface area (Å²) in [7, 11) is 0. The maximum Gasteiger partial charge on any atom is 0.237 e. The Morgan fingerprint density at radius 2 is 1.86 bits per heavy atom. The van der Waals surface area contributed by atoms with Crippen molar-refractivity contribution in [3.8, 4) is 0 Å². The molecule has 2 rings (SSSR count). The number of hydrogen-bond donors (Lipinski definition) is 2. The van der Waals surface area contributed by atoms with Gasteiger partial charge in [0.1, 0.15) is 0 Å². The zero-order valence-electron chi connectivity index (χ0n) is 13.4. The molecule has 21 heavy (non-hydrogen) atoms. The van der Waals surface area contributed by atoms with Gasteiger partial charge >= 0.3 is 0 Å². The van der Waals surface area contributed by atoms with Crippen molar-refractivity contribution in [1.29, 1.82) is 0 Å². The predicted octanol–water partition coefficient (Wildman–Crippen LogP) is 1.87. The summed E-state index contributed by atoms with van der Waals surface area (Å²) in [5, 5.41) is 13.5. The van der Waals surface area contributed by atoms with Gasteiger partial charge < -0.3 is 10.4 Å². The molecule has 2 saturated heterocycles. The third-order valence-corrected chi connectivity index (χ3v) is 5.68. The van der Waals surface area contributed by atoms with Gasteiger partial charge in [-0.2, -0.15) is 11.8 Å². The number of aliphatic hydroxyl groups is 1. The second-order valence-electron chi connectivity index (χ2n) is 6.84. The first-order chi connectivity index (χ1) is 10.0. The molecule has 4 nitrogen and oxygen atoms in total. The minimum absolute atomic E-state index is 0.0492. The Hall–Kier alpha value is -0.260. The molecule has 0 aromatic rings. The van der Waals surface area contributed by atoms with Gasteiger partial charge in [0.05, 0.1) is 11.6 Å². The fourth-order valence-electron chi connectivity index (χ4n) is 3.37. The predicted molar refractivity (Wildman–Crippen MR) is 88.6 cm³/mol. The average Bonchev–Trinajstić information content (AvgIpc) is 2.47. The van der Waals surface area contributed by atoms with Gasteiger partial charge in [0.15, 0.2) is 0 Å². The summed E-state index contributed by atoms with van der Waals surface area (Å²) in [4.78, 5) is 14.9. The molecule has 2 aliphatic rings. The van der Waals surface area contributed by atoms with Crippen molar-refractivity contribution in [3.63, 3.8) is 0 Å². The number of nitrogens with zero attached hydrogens (tertiary/aromatic N) is 1. The molecule has 5 heteroatoms. The van der Waals surface area contributed by atoms with Crippen LogP contribution in [0.25, 0.3) is 0 Å². The average molecular weight is 314 g/mol. The number of nitrogens with one attached hydrogen (secondary N) is 1. The van der Waals surface area contributed by atoms with Gasteiger partial charge in [-0.05, 0) is 56.2 Å². The Labute approximate surface area is 133 Å². The molecule has 1 unspecified atom stereocenters. The third-order valence-electron chi connectivity index (χ3n) is 4.70. The Bertz CT molecular complexity index is 337. The molecule has 0 radical (unpaired) electrons. The summed E-state index contributed by atoms with van der Waals surface area (Å²) in [6.07, 6.45) is 5.23. The summed E-state index contributed by atoms with van der Waals surface area (Å²) >= 11 is 1.88. The first-order valence-corrected chi connectivity index (χ1v) is 9.49. The molecule has 0 spiro atoms. The van der Waals surface area contributed by atoms with Crippen LogP contribution in [0.1, 0.15) is 46.0 Å². The van der Waals surface area contributed by atoms with Crippen LogP contribution in [0, 0.1) is 5.92 Å². The molecule has 2 fully saturated rings. The van der Waals surface area contributed by atoms with Crippen molar-refractivity contribution in [1.82, 2.24) is 10.2 Å². The van der Waals surface area contributed by atoms with E-state index in [-0.39, 0.29) is 11.9 Å². The lowest BCUT2D eigenvalue weighted by Crippen LogP contribution is -2.54. The lowest BCUT2D eigenvalue weighted by Gasteiger charge is -2.37. The minimum Gasteiger partial charge on any atom is -0.388 e. The van der Waals surface area contributed by atoms with Gasteiger partial charge in [-0.1, -0.05) is 20.3 Å². The number of likely N-dealkylation sites (tertiary alicyclic amines) is 1. The largest absolute Gasteiger partial charge is 0.388 e. The number of carbonyl (C=O) groups excluding carboxylic acids is 1. The summed E-state index contributed by atoms with van der Waals surface area (Å²) in [5.41, 5.74) is -0.690. The highest BCUT2D eigenvalue weighted by molar-refractivity contribution is 7.99. The zero-order valence-corrected chi connectivity index (χ0v) is 14.3.